The molecule has 0 spiro atoms. The summed E-state index contributed by atoms with van der Waals surface area (Å²) in [6.45, 7) is 8.95. The number of carbonyl (C=O) groups is 1. The highest BCUT2D eigenvalue weighted by molar-refractivity contribution is 6.35. The molecule has 1 aromatic rings. The van der Waals surface area contributed by atoms with E-state index in [9.17, 15) is 9.90 Å². The van der Waals surface area contributed by atoms with Gasteiger partial charge in [0.15, 0.2) is 0 Å². The maximum atomic E-state index is 12.0. The second kappa shape index (κ2) is 7.03. The van der Waals surface area contributed by atoms with E-state index in [4.69, 9.17) is 23.2 Å². The first-order valence-corrected chi connectivity index (χ1v) is 7.83. The van der Waals surface area contributed by atoms with Crippen LogP contribution in [-0.2, 0) is 4.79 Å². The minimum Gasteiger partial charge on any atom is -0.381 e. The summed E-state index contributed by atoms with van der Waals surface area (Å²) in [6.07, 6.45) is 3.72. The van der Waals surface area contributed by atoms with Crippen molar-refractivity contribution < 1.29 is 9.90 Å². The van der Waals surface area contributed by atoms with Crippen molar-refractivity contribution in [2.75, 3.05) is 0 Å². The first-order chi connectivity index (χ1) is 9.91. The summed E-state index contributed by atoms with van der Waals surface area (Å²) in [6, 6.07) is 5.00. The van der Waals surface area contributed by atoms with Crippen molar-refractivity contribution >= 4 is 35.2 Å². The molecule has 0 heterocycles. The predicted octanol–water partition coefficient (Wildman–Crippen LogP) is 4.31. The van der Waals surface area contributed by atoms with Crippen LogP contribution in [0, 0.1) is 5.41 Å². The lowest BCUT2D eigenvalue weighted by Gasteiger charge is -2.31. The summed E-state index contributed by atoms with van der Waals surface area (Å²) in [4.78, 5) is 12.0. The van der Waals surface area contributed by atoms with Gasteiger partial charge >= 0.3 is 0 Å². The second-order valence-corrected chi connectivity index (χ2v) is 7.74. The van der Waals surface area contributed by atoms with Gasteiger partial charge in [0.1, 0.15) is 5.60 Å². The molecular formula is C17H23Cl2NO2. The number of nitrogens with one attached hydrogen (secondary N) is 1. The quantitative estimate of drug-likeness (QED) is 0.855. The lowest BCUT2D eigenvalue weighted by atomic mass is 9.85. The van der Waals surface area contributed by atoms with E-state index in [0.717, 1.165) is 5.56 Å². The Bertz CT molecular complexity index is 569. The number of rotatable bonds is 4. The molecule has 22 heavy (non-hydrogen) atoms. The molecule has 0 aromatic heterocycles. The monoisotopic (exact) mass is 343 g/mol. The molecule has 0 bridgehead atoms. The van der Waals surface area contributed by atoms with Crippen LogP contribution in [0.1, 0.15) is 40.2 Å². The highest BCUT2D eigenvalue weighted by atomic mass is 35.5. The van der Waals surface area contributed by atoms with Crippen LogP contribution in [-0.4, -0.2) is 22.7 Å². The number of amides is 1. The Balaban J connectivity index is 2.99. The summed E-state index contributed by atoms with van der Waals surface area (Å²) >= 11 is 12.0. The predicted molar refractivity (Wildman–Crippen MR) is 93.2 cm³/mol. The highest BCUT2D eigenvalue weighted by Gasteiger charge is 2.30. The number of benzene rings is 1. The molecular weight excluding hydrogens is 321 g/mol. The van der Waals surface area contributed by atoms with Crippen molar-refractivity contribution in [1.29, 1.82) is 0 Å². The fourth-order valence-corrected chi connectivity index (χ4v) is 2.18. The van der Waals surface area contributed by atoms with E-state index in [1.807, 2.05) is 39.0 Å². The molecule has 0 aliphatic heterocycles. The minimum absolute atomic E-state index is 0.212. The number of aliphatic hydroxyl groups is 1. The first-order valence-electron chi connectivity index (χ1n) is 7.08. The van der Waals surface area contributed by atoms with Gasteiger partial charge in [0, 0.05) is 10.0 Å². The SMILES string of the molecule is CC(C)(O)C(=O)NC(/C=C/c1ccc(Cl)cc1Cl)C(C)(C)C. The fraction of sp³-hybridized carbons (Fsp3) is 0.471. The normalized spacial score (nSPS) is 14.2. The molecule has 122 valence electrons. The Labute approximate surface area is 142 Å². The minimum atomic E-state index is -1.42. The van der Waals surface area contributed by atoms with Gasteiger partial charge in [-0.15, -0.1) is 0 Å². The summed E-state index contributed by atoms with van der Waals surface area (Å²) in [5.41, 5.74) is -0.816. The van der Waals surface area contributed by atoms with E-state index in [2.05, 4.69) is 5.32 Å². The maximum Gasteiger partial charge on any atom is 0.251 e. The zero-order chi connectivity index (χ0) is 17.1. The summed E-state index contributed by atoms with van der Waals surface area (Å²) in [7, 11) is 0. The molecule has 3 nitrogen and oxygen atoms in total. The third kappa shape index (κ3) is 5.64. The van der Waals surface area contributed by atoms with E-state index in [-0.39, 0.29) is 11.5 Å². The second-order valence-electron chi connectivity index (χ2n) is 6.90. The average Bonchev–Trinajstić information content (AvgIpc) is 2.33. The number of hydrogen-bond donors (Lipinski definition) is 2. The third-order valence-electron chi connectivity index (χ3n) is 3.21. The molecule has 1 aromatic carbocycles. The molecule has 0 fully saturated rings. The smallest absolute Gasteiger partial charge is 0.251 e. The summed E-state index contributed by atoms with van der Waals surface area (Å²) < 4.78 is 0. The van der Waals surface area contributed by atoms with Crippen LogP contribution in [0.4, 0.5) is 0 Å². The number of hydrogen-bond acceptors (Lipinski definition) is 2. The van der Waals surface area contributed by atoms with Crippen molar-refractivity contribution in [3.8, 4) is 0 Å². The summed E-state index contributed by atoms with van der Waals surface area (Å²) in [5.74, 6) is -0.417. The molecule has 0 aliphatic rings. The van der Waals surface area contributed by atoms with Crippen molar-refractivity contribution in [1.82, 2.24) is 5.32 Å². The largest absolute Gasteiger partial charge is 0.381 e. The van der Waals surface area contributed by atoms with E-state index in [1.165, 1.54) is 13.8 Å². The number of carbonyl (C=O) groups excluding carboxylic acids is 1. The Hall–Kier alpha value is -1.03. The van der Waals surface area contributed by atoms with Crippen LogP contribution in [0.25, 0.3) is 6.08 Å². The summed E-state index contributed by atoms with van der Waals surface area (Å²) in [5, 5.41) is 13.8. The Morgan fingerprint density at radius 3 is 2.27 bits per heavy atom. The Morgan fingerprint density at radius 2 is 1.82 bits per heavy atom. The maximum absolute atomic E-state index is 12.0. The van der Waals surface area contributed by atoms with Crippen molar-refractivity contribution in [3.63, 3.8) is 0 Å². The molecule has 2 N–H and O–H groups in total. The molecule has 0 radical (unpaired) electrons. The zero-order valence-corrected chi connectivity index (χ0v) is 15.1. The van der Waals surface area contributed by atoms with Gasteiger partial charge in [-0.1, -0.05) is 62.2 Å². The van der Waals surface area contributed by atoms with E-state index >= 15 is 0 Å². The molecule has 0 saturated heterocycles. The molecule has 5 heteroatoms. The van der Waals surface area contributed by atoms with Gasteiger partial charge in [-0.25, -0.2) is 0 Å². The van der Waals surface area contributed by atoms with E-state index < -0.39 is 11.5 Å². The van der Waals surface area contributed by atoms with Gasteiger partial charge in [0.2, 0.25) is 0 Å². The van der Waals surface area contributed by atoms with Gasteiger partial charge in [-0.3, -0.25) is 4.79 Å². The Kier molecular flexibility index (Phi) is 6.08. The van der Waals surface area contributed by atoms with Gasteiger partial charge < -0.3 is 10.4 Å². The molecule has 1 atom stereocenters. The van der Waals surface area contributed by atoms with Crippen LogP contribution >= 0.6 is 23.2 Å². The molecule has 0 aliphatic carbocycles. The highest BCUT2D eigenvalue weighted by Crippen LogP contribution is 2.25. The Morgan fingerprint density at radius 1 is 1.23 bits per heavy atom. The zero-order valence-electron chi connectivity index (χ0n) is 13.6. The van der Waals surface area contributed by atoms with Crippen LogP contribution in [0.15, 0.2) is 24.3 Å². The lowest BCUT2D eigenvalue weighted by Crippen LogP contribution is -2.50. The van der Waals surface area contributed by atoms with E-state index in [0.29, 0.717) is 10.0 Å². The molecule has 1 unspecified atom stereocenters. The van der Waals surface area contributed by atoms with Crippen LogP contribution in [0.2, 0.25) is 10.0 Å². The average molecular weight is 344 g/mol. The van der Waals surface area contributed by atoms with Crippen LogP contribution in [0.3, 0.4) is 0 Å². The molecule has 0 saturated carbocycles. The lowest BCUT2D eigenvalue weighted by molar-refractivity contribution is -0.137. The first kappa shape index (κ1) is 19.0. The number of halogens is 2. The van der Waals surface area contributed by atoms with Crippen LogP contribution < -0.4 is 5.32 Å². The van der Waals surface area contributed by atoms with Gasteiger partial charge in [-0.05, 0) is 37.0 Å². The van der Waals surface area contributed by atoms with Crippen LogP contribution in [0.5, 0.6) is 0 Å². The van der Waals surface area contributed by atoms with E-state index in [1.54, 1.807) is 12.1 Å². The standard InChI is InChI=1S/C17H23Cl2NO2/c1-16(2,3)14(20-15(21)17(4,5)22)9-7-11-6-8-12(18)10-13(11)19/h6-10,14,22H,1-5H3,(H,20,21)/b9-7+. The van der Waals surface area contributed by atoms with Gasteiger partial charge in [0.25, 0.3) is 5.91 Å². The topological polar surface area (TPSA) is 49.3 Å². The van der Waals surface area contributed by atoms with Crippen molar-refractivity contribution in [2.24, 2.45) is 5.41 Å². The van der Waals surface area contributed by atoms with Gasteiger partial charge in [-0.2, -0.15) is 0 Å². The van der Waals surface area contributed by atoms with Gasteiger partial charge in [0.05, 0.1) is 6.04 Å². The molecule has 1 amide bonds. The molecule has 1 rings (SSSR count). The fourth-order valence-electron chi connectivity index (χ4n) is 1.71. The van der Waals surface area contributed by atoms with Crippen molar-refractivity contribution in [3.05, 3.63) is 39.9 Å². The van der Waals surface area contributed by atoms with Crippen molar-refractivity contribution in [2.45, 2.75) is 46.3 Å². The third-order valence-corrected chi connectivity index (χ3v) is 3.77.